The molecule has 0 atom stereocenters. The van der Waals surface area contributed by atoms with E-state index in [0.29, 0.717) is 32.2 Å². The van der Waals surface area contributed by atoms with Crippen LogP contribution in [-0.4, -0.2) is 41.5 Å². The maximum Gasteiger partial charge on any atom is 0.418 e. The Labute approximate surface area is 124 Å². The van der Waals surface area contributed by atoms with Gasteiger partial charge in [0.25, 0.3) is 5.69 Å². The maximum absolute atomic E-state index is 13.1. The molecule has 1 aromatic rings. The van der Waals surface area contributed by atoms with Crippen molar-refractivity contribution < 1.29 is 18.1 Å². The molecule has 1 radical (unpaired) electrons. The van der Waals surface area contributed by atoms with Gasteiger partial charge >= 0.3 is 6.18 Å². The van der Waals surface area contributed by atoms with Crippen LogP contribution in [0.1, 0.15) is 5.56 Å². The Morgan fingerprint density at radius 3 is 2.33 bits per heavy atom. The quantitative estimate of drug-likeness (QED) is 0.487. The van der Waals surface area contributed by atoms with Crippen molar-refractivity contribution in [2.45, 2.75) is 6.18 Å². The molecule has 0 N–H and O–H groups in total. The normalized spacial score (nSPS) is 16.0. The molecule has 1 heterocycles. The summed E-state index contributed by atoms with van der Waals surface area (Å²) in [5, 5.41) is 10.6. The highest BCUT2D eigenvalue weighted by Crippen LogP contribution is 2.39. The first-order valence-corrected chi connectivity index (χ1v) is 6.47. The summed E-state index contributed by atoms with van der Waals surface area (Å²) in [5.74, 6) is 0. The largest absolute Gasteiger partial charge is 0.418 e. The van der Waals surface area contributed by atoms with Crippen molar-refractivity contribution >= 4 is 29.1 Å². The number of hydrogen-bond donors (Lipinski definition) is 0. The molecule has 0 bridgehead atoms. The number of anilines is 1. The van der Waals surface area contributed by atoms with Crippen LogP contribution in [0.4, 0.5) is 24.5 Å². The number of piperazine rings is 1. The summed E-state index contributed by atoms with van der Waals surface area (Å²) in [7, 11) is 0. The van der Waals surface area contributed by atoms with E-state index in [1.54, 1.807) is 9.80 Å². The summed E-state index contributed by atoms with van der Waals surface area (Å²) in [6.07, 6.45) is -4.64. The minimum Gasteiger partial charge on any atom is -0.367 e. The van der Waals surface area contributed by atoms with Gasteiger partial charge < -0.3 is 9.80 Å². The number of halogens is 3. The highest BCUT2D eigenvalue weighted by Gasteiger charge is 2.37. The van der Waals surface area contributed by atoms with Crippen LogP contribution in [0.3, 0.4) is 0 Å². The summed E-state index contributed by atoms with van der Waals surface area (Å²) in [5.41, 5.74) is 0.917. The SMILES string of the molecule is O=[N+]([O-])c1ccc(N2CCN([C]=S)CC2)c(C(F)(F)F)c1. The van der Waals surface area contributed by atoms with Crippen LogP contribution in [0, 0.1) is 10.1 Å². The average Bonchev–Trinajstić information content (AvgIpc) is 2.46. The average molecular weight is 318 g/mol. The molecule has 0 spiro atoms. The van der Waals surface area contributed by atoms with Gasteiger partial charge in [-0.15, -0.1) is 0 Å². The summed E-state index contributed by atoms with van der Waals surface area (Å²) in [4.78, 5) is 13.1. The molecule has 5 nitrogen and oxygen atoms in total. The van der Waals surface area contributed by atoms with Gasteiger partial charge in [-0.3, -0.25) is 10.1 Å². The Balaban J connectivity index is 2.35. The third-order valence-corrected chi connectivity index (χ3v) is 3.50. The van der Waals surface area contributed by atoms with Gasteiger partial charge in [0.15, 0.2) is 0 Å². The van der Waals surface area contributed by atoms with E-state index in [4.69, 9.17) is 0 Å². The second-order valence-corrected chi connectivity index (χ2v) is 4.70. The van der Waals surface area contributed by atoms with E-state index in [1.807, 2.05) is 0 Å². The zero-order valence-electron chi connectivity index (χ0n) is 10.8. The van der Waals surface area contributed by atoms with Gasteiger partial charge in [0.2, 0.25) is 0 Å². The number of nitrogens with zero attached hydrogens (tertiary/aromatic N) is 3. The lowest BCUT2D eigenvalue weighted by atomic mass is 10.1. The van der Waals surface area contributed by atoms with Gasteiger partial charge in [0, 0.05) is 44.0 Å². The van der Waals surface area contributed by atoms with Gasteiger partial charge in [-0.2, -0.15) is 13.2 Å². The van der Waals surface area contributed by atoms with E-state index < -0.39 is 22.4 Å². The second-order valence-electron chi connectivity index (χ2n) is 4.52. The molecule has 1 fully saturated rings. The third kappa shape index (κ3) is 3.41. The van der Waals surface area contributed by atoms with Crippen LogP contribution >= 0.6 is 12.2 Å². The number of hydrogen-bond acceptors (Lipinski definition) is 4. The third-order valence-electron chi connectivity index (χ3n) is 3.25. The number of non-ortho nitro benzene ring substituents is 1. The number of rotatable bonds is 3. The number of benzene rings is 1. The van der Waals surface area contributed by atoms with Crippen LogP contribution in [0.15, 0.2) is 18.2 Å². The lowest BCUT2D eigenvalue weighted by Gasteiger charge is -2.35. The number of nitro groups is 1. The van der Waals surface area contributed by atoms with Gasteiger partial charge in [0.05, 0.1) is 10.5 Å². The highest BCUT2D eigenvalue weighted by molar-refractivity contribution is 7.78. The van der Waals surface area contributed by atoms with Crippen LogP contribution < -0.4 is 4.90 Å². The Hall–Kier alpha value is -1.90. The molecule has 21 heavy (non-hydrogen) atoms. The Bertz CT molecular complexity index is 557. The topological polar surface area (TPSA) is 49.6 Å². The van der Waals surface area contributed by atoms with Crippen LogP contribution in [0.5, 0.6) is 0 Å². The Kier molecular flexibility index (Phi) is 4.31. The van der Waals surface area contributed by atoms with Crippen molar-refractivity contribution in [3.05, 3.63) is 33.9 Å². The minimum atomic E-state index is -4.64. The van der Waals surface area contributed by atoms with Crippen molar-refractivity contribution in [1.29, 1.82) is 0 Å². The second kappa shape index (κ2) is 5.84. The summed E-state index contributed by atoms with van der Waals surface area (Å²) < 4.78 is 39.3. The Morgan fingerprint density at radius 2 is 1.86 bits per heavy atom. The zero-order chi connectivity index (χ0) is 15.6. The van der Waals surface area contributed by atoms with E-state index in [0.717, 1.165) is 12.1 Å². The first-order valence-electron chi connectivity index (χ1n) is 6.06. The van der Waals surface area contributed by atoms with Crippen molar-refractivity contribution in [3.8, 4) is 0 Å². The molecule has 9 heteroatoms. The van der Waals surface area contributed by atoms with Crippen molar-refractivity contribution in [1.82, 2.24) is 4.90 Å². The first kappa shape index (κ1) is 15.5. The molecular formula is C12H11F3N3O2S. The standard InChI is InChI=1S/C12H11F3N3O2S/c13-12(14,15)10-7-9(18(19)20)1-2-11(10)17-5-3-16(8-21)4-6-17/h1-2,7H,3-6H2. The first-order chi connectivity index (χ1) is 9.82. The molecular weight excluding hydrogens is 307 g/mol. The van der Waals surface area contributed by atoms with Gasteiger partial charge in [-0.05, 0) is 6.07 Å². The number of alkyl halides is 3. The maximum atomic E-state index is 13.1. The number of nitro benzene ring substituents is 1. The molecule has 0 aromatic heterocycles. The van der Waals surface area contributed by atoms with Gasteiger partial charge in [-0.1, -0.05) is 12.2 Å². The molecule has 1 saturated heterocycles. The highest BCUT2D eigenvalue weighted by atomic mass is 32.1. The van der Waals surface area contributed by atoms with Crippen molar-refractivity contribution in [2.75, 3.05) is 31.1 Å². The van der Waals surface area contributed by atoms with E-state index in [9.17, 15) is 23.3 Å². The van der Waals surface area contributed by atoms with Crippen LogP contribution in [0.25, 0.3) is 0 Å². The molecule has 0 saturated carbocycles. The van der Waals surface area contributed by atoms with Crippen molar-refractivity contribution in [2.24, 2.45) is 0 Å². The van der Waals surface area contributed by atoms with E-state index >= 15 is 0 Å². The van der Waals surface area contributed by atoms with E-state index in [2.05, 4.69) is 17.7 Å². The molecule has 1 aromatic carbocycles. The zero-order valence-corrected chi connectivity index (χ0v) is 11.6. The number of thiocarbonyl (C=S) groups is 1. The summed E-state index contributed by atoms with van der Waals surface area (Å²) in [6.45, 7) is 1.64. The van der Waals surface area contributed by atoms with Crippen LogP contribution in [0.2, 0.25) is 0 Å². The molecule has 0 amide bonds. The molecule has 1 aliphatic rings. The summed E-state index contributed by atoms with van der Waals surface area (Å²) >= 11 is 4.66. The molecule has 113 valence electrons. The molecule has 2 rings (SSSR count). The minimum absolute atomic E-state index is 0.0443. The predicted octanol–water partition coefficient (Wildman–Crippen LogP) is 2.57. The van der Waals surface area contributed by atoms with Crippen LogP contribution in [-0.2, 0) is 6.18 Å². The van der Waals surface area contributed by atoms with Crippen molar-refractivity contribution in [3.63, 3.8) is 0 Å². The monoisotopic (exact) mass is 318 g/mol. The molecule has 0 unspecified atom stereocenters. The fraction of sp³-hybridized carbons (Fsp3) is 0.417. The molecule has 0 aliphatic carbocycles. The smallest absolute Gasteiger partial charge is 0.367 e. The lowest BCUT2D eigenvalue weighted by Crippen LogP contribution is -2.46. The fourth-order valence-electron chi connectivity index (χ4n) is 2.18. The summed E-state index contributed by atoms with van der Waals surface area (Å²) in [6, 6.07) is 2.81. The van der Waals surface area contributed by atoms with Gasteiger partial charge in [-0.25, -0.2) is 0 Å². The lowest BCUT2D eigenvalue weighted by molar-refractivity contribution is -0.385. The predicted molar refractivity (Wildman–Crippen MR) is 74.5 cm³/mol. The van der Waals surface area contributed by atoms with E-state index in [1.165, 1.54) is 0 Å². The fourth-order valence-corrected chi connectivity index (χ4v) is 2.36. The van der Waals surface area contributed by atoms with E-state index in [-0.39, 0.29) is 5.69 Å². The van der Waals surface area contributed by atoms with Gasteiger partial charge in [0.1, 0.15) is 5.49 Å². The Morgan fingerprint density at radius 1 is 1.24 bits per heavy atom. The molecule has 1 aliphatic heterocycles.